The quantitative estimate of drug-likeness (QED) is 0.578. The fourth-order valence-electron chi connectivity index (χ4n) is 1.27. The van der Waals surface area contributed by atoms with Crippen molar-refractivity contribution in [3.8, 4) is 0 Å². The van der Waals surface area contributed by atoms with Gasteiger partial charge in [0.2, 0.25) is 5.91 Å². The second kappa shape index (κ2) is 9.49. The Bertz CT molecular complexity index is 192. The molecule has 0 unspecified atom stereocenters. The van der Waals surface area contributed by atoms with E-state index in [2.05, 4.69) is 12.2 Å². The van der Waals surface area contributed by atoms with Gasteiger partial charge in [-0.25, -0.2) is 0 Å². The number of rotatable bonds is 9. The van der Waals surface area contributed by atoms with E-state index in [4.69, 9.17) is 5.11 Å². The molecule has 0 aromatic heterocycles. The molecule has 0 aliphatic carbocycles. The second-order valence-corrected chi connectivity index (χ2v) is 3.66. The molecule has 0 spiro atoms. The fraction of sp³-hybridized carbons (Fsp3) is 0.818. The third kappa shape index (κ3) is 10.9. The standard InChI is InChI=1S/C11H21NO3/c1-2-3-4-5-6-9-12-10(13)7-8-11(14)15/h2-9H2,1H3,(H,12,13)(H,14,15). The van der Waals surface area contributed by atoms with Crippen LogP contribution >= 0.6 is 0 Å². The van der Waals surface area contributed by atoms with Crippen molar-refractivity contribution in [2.45, 2.75) is 51.9 Å². The van der Waals surface area contributed by atoms with Gasteiger partial charge in [0.1, 0.15) is 0 Å². The SMILES string of the molecule is CCCCCCCNC(=O)CCC(=O)O. The Morgan fingerprint density at radius 1 is 1.07 bits per heavy atom. The normalized spacial score (nSPS) is 9.93. The Morgan fingerprint density at radius 2 is 1.73 bits per heavy atom. The second-order valence-electron chi connectivity index (χ2n) is 3.66. The third-order valence-electron chi connectivity index (χ3n) is 2.17. The van der Waals surface area contributed by atoms with Crippen molar-refractivity contribution in [2.75, 3.05) is 6.54 Å². The molecule has 2 N–H and O–H groups in total. The third-order valence-corrected chi connectivity index (χ3v) is 2.17. The molecule has 0 aromatic carbocycles. The minimum atomic E-state index is -0.923. The Hall–Kier alpha value is -1.06. The number of aliphatic carboxylic acids is 1. The van der Waals surface area contributed by atoms with Gasteiger partial charge in [0.05, 0.1) is 6.42 Å². The van der Waals surface area contributed by atoms with Gasteiger partial charge in [-0.2, -0.15) is 0 Å². The van der Waals surface area contributed by atoms with Gasteiger partial charge in [-0.15, -0.1) is 0 Å². The molecule has 4 nitrogen and oxygen atoms in total. The molecule has 1 amide bonds. The van der Waals surface area contributed by atoms with Crippen LogP contribution in [0, 0.1) is 0 Å². The summed E-state index contributed by atoms with van der Waals surface area (Å²) in [5, 5.41) is 11.1. The van der Waals surface area contributed by atoms with Crippen molar-refractivity contribution in [1.82, 2.24) is 5.32 Å². The number of carbonyl (C=O) groups is 2. The Labute approximate surface area is 91.1 Å². The first-order valence-electron chi connectivity index (χ1n) is 5.65. The van der Waals surface area contributed by atoms with E-state index in [1.165, 1.54) is 19.3 Å². The molecule has 0 fully saturated rings. The Balaban J connectivity index is 3.20. The van der Waals surface area contributed by atoms with E-state index in [-0.39, 0.29) is 18.7 Å². The highest BCUT2D eigenvalue weighted by Crippen LogP contribution is 2.01. The molecule has 0 atom stereocenters. The summed E-state index contributed by atoms with van der Waals surface area (Å²) in [7, 11) is 0. The highest BCUT2D eigenvalue weighted by Gasteiger charge is 2.03. The lowest BCUT2D eigenvalue weighted by Gasteiger charge is -2.03. The number of amides is 1. The Kier molecular flexibility index (Phi) is 8.82. The summed E-state index contributed by atoms with van der Waals surface area (Å²) in [6.45, 7) is 2.83. The molecule has 0 saturated carbocycles. The number of hydrogen-bond donors (Lipinski definition) is 2. The molecule has 0 rings (SSSR count). The van der Waals surface area contributed by atoms with E-state index < -0.39 is 5.97 Å². The lowest BCUT2D eigenvalue weighted by Crippen LogP contribution is -2.24. The number of carboxylic acids is 1. The topological polar surface area (TPSA) is 66.4 Å². The zero-order valence-electron chi connectivity index (χ0n) is 9.42. The number of hydrogen-bond acceptors (Lipinski definition) is 2. The van der Waals surface area contributed by atoms with Gasteiger partial charge >= 0.3 is 5.97 Å². The van der Waals surface area contributed by atoms with Gasteiger partial charge in [0.25, 0.3) is 0 Å². The molecule has 0 bridgehead atoms. The van der Waals surface area contributed by atoms with Crippen molar-refractivity contribution in [1.29, 1.82) is 0 Å². The number of unbranched alkanes of at least 4 members (excludes halogenated alkanes) is 4. The number of carboxylic acid groups (broad SMARTS) is 1. The number of carbonyl (C=O) groups excluding carboxylic acids is 1. The summed E-state index contributed by atoms with van der Waals surface area (Å²) in [6.07, 6.45) is 5.79. The van der Waals surface area contributed by atoms with Gasteiger partial charge < -0.3 is 10.4 Å². The van der Waals surface area contributed by atoms with Crippen LogP contribution in [0.15, 0.2) is 0 Å². The summed E-state index contributed by atoms with van der Waals surface area (Å²) in [6, 6.07) is 0. The molecule has 0 aromatic rings. The van der Waals surface area contributed by atoms with Gasteiger partial charge in [-0.1, -0.05) is 32.6 Å². The predicted octanol–water partition coefficient (Wildman–Crippen LogP) is 1.94. The minimum Gasteiger partial charge on any atom is -0.481 e. The van der Waals surface area contributed by atoms with Crippen LogP contribution in [0.25, 0.3) is 0 Å². The van der Waals surface area contributed by atoms with Crippen molar-refractivity contribution in [2.24, 2.45) is 0 Å². The lowest BCUT2D eigenvalue weighted by atomic mass is 10.1. The van der Waals surface area contributed by atoms with E-state index in [9.17, 15) is 9.59 Å². The molecular formula is C11H21NO3. The van der Waals surface area contributed by atoms with Crippen molar-refractivity contribution in [3.05, 3.63) is 0 Å². The molecule has 0 aliphatic rings. The molecule has 15 heavy (non-hydrogen) atoms. The fourth-order valence-corrected chi connectivity index (χ4v) is 1.27. The predicted molar refractivity (Wildman–Crippen MR) is 58.6 cm³/mol. The first-order valence-corrected chi connectivity index (χ1v) is 5.65. The summed E-state index contributed by atoms with van der Waals surface area (Å²) < 4.78 is 0. The summed E-state index contributed by atoms with van der Waals surface area (Å²) in [5.41, 5.74) is 0. The summed E-state index contributed by atoms with van der Waals surface area (Å²) in [5.74, 6) is -1.08. The Morgan fingerprint density at radius 3 is 2.33 bits per heavy atom. The van der Waals surface area contributed by atoms with Crippen molar-refractivity contribution >= 4 is 11.9 Å². The summed E-state index contributed by atoms with van der Waals surface area (Å²) in [4.78, 5) is 21.2. The van der Waals surface area contributed by atoms with E-state index in [1.54, 1.807) is 0 Å². The highest BCUT2D eigenvalue weighted by atomic mass is 16.4. The van der Waals surface area contributed by atoms with Gasteiger partial charge in [0, 0.05) is 13.0 Å². The minimum absolute atomic E-state index is 0.0817. The first-order chi connectivity index (χ1) is 7.16. The first kappa shape index (κ1) is 13.9. The van der Waals surface area contributed by atoms with Crippen LogP contribution < -0.4 is 5.32 Å². The van der Waals surface area contributed by atoms with Crippen LogP contribution in [0.4, 0.5) is 0 Å². The van der Waals surface area contributed by atoms with E-state index >= 15 is 0 Å². The van der Waals surface area contributed by atoms with Crippen LogP contribution in [0.1, 0.15) is 51.9 Å². The van der Waals surface area contributed by atoms with Crippen LogP contribution in [0.3, 0.4) is 0 Å². The maximum absolute atomic E-state index is 11.1. The zero-order chi connectivity index (χ0) is 11.5. The molecular weight excluding hydrogens is 194 g/mol. The largest absolute Gasteiger partial charge is 0.481 e. The van der Waals surface area contributed by atoms with Gasteiger partial charge in [-0.3, -0.25) is 9.59 Å². The maximum Gasteiger partial charge on any atom is 0.303 e. The van der Waals surface area contributed by atoms with Crippen molar-refractivity contribution in [3.63, 3.8) is 0 Å². The average Bonchev–Trinajstić information content (AvgIpc) is 2.20. The zero-order valence-corrected chi connectivity index (χ0v) is 9.42. The van der Waals surface area contributed by atoms with Crippen LogP contribution in [0.2, 0.25) is 0 Å². The number of nitrogens with one attached hydrogen (secondary N) is 1. The maximum atomic E-state index is 11.1. The van der Waals surface area contributed by atoms with Gasteiger partial charge in [-0.05, 0) is 6.42 Å². The average molecular weight is 215 g/mol. The molecule has 88 valence electrons. The molecule has 0 aliphatic heterocycles. The van der Waals surface area contributed by atoms with Crippen LogP contribution in [-0.2, 0) is 9.59 Å². The van der Waals surface area contributed by atoms with Crippen LogP contribution in [0.5, 0.6) is 0 Å². The molecule has 4 heteroatoms. The van der Waals surface area contributed by atoms with Crippen molar-refractivity contribution < 1.29 is 14.7 Å². The molecule has 0 heterocycles. The van der Waals surface area contributed by atoms with E-state index in [0.29, 0.717) is 6.54 Å². The monoisotopic (exact) mass is 215 g/mol. The molecule has 0 saturated heterocycles. The molecule has 0 radical (unpaired) electrons. The smallest absolute Gasteiger partial charge is 0.303 e. The van der Waals surface area contributed by atoms with E-state index in [1.807, 2.05) is 0 Å². The van der Waals surface area contributed by atoms with E-state index in [0.717, 1.165) is 12.8 Å². The van der Waals surface area contributed by atoms with Crippen LogP contribution in [-0.4, -0.2) is 23.5 Å². The highest BCUT2D eigenvalue weighted by molar-refractivity contribution is 5.80. The van der Waals surface area contributed by atoms with Gasteiger partial charge in [0.15, 0.2) is 0 Å². The summed E-state index contributed by atoms with van der Waals surface area (Å²) >= 11 is 0. The lowest BCUT2D eigenvalue weighted by molar-refractivity contribution is -0.138.